The summed E-state index contributed by atoms with van der Waals surface area (Å²) in [7, 11) is 1.63. The van der Waals surface area contributed by atoms with Crippen LogP contribution in [0.4, 0.5) is 0 Å². The van der Waals surface area contributed by atoms with Crippen molar-refractivity contribution in [2.24, 2.45) is 0 Å². The average Bonchev–Trinajstić information content (AvgIpc) is 3.37. The highest BCUT2D eigenvalue weighted by Gasteiger charge is 2.28. The Bertz CT molecular complexity index is 1400. The highest BCUT2D eigenvalue weighted by atomic mass is 31.2. The number of hydrogen-bond acceptors (Lipinski definition) is 5. The van der Waals surface area contributed by atoms with Gasteiger partial charge in [-0.25, -0.2) is 4.57 Å². The lowest BCUT2D eigenvalue weighted by Gasteiger charge is -2.26. The Morgan fingerprint density at radius 2 is 0.800 bits per heavy atom. The fourth-order valence-electron chi connectivity index (χ4n) is 9.55. The van der Waals surface area contributed by atoms with Crippen molar-refractivity contribution in [2.75, 3.05) is 40.9 Å². The molecule has 0 aliphatic rings. The third kappa shape index (κ3) is 59.7. The molecule has 0 fully saturated rings. The molecule has 0 aromatic carbocycles. The number of aliphatic hydroxyl groups excluding tert-OH is 1. The van der Waals surface area contributed by atoms with Gasteiger partial charge in [0, 0.05) is 6.42 Å². The lowest BCUT2D eigenvalue weighted by molar-refractivity contribution is -0.870. The lowest BCUT2D eigenvalue weighted by Crippen LogP contribution is -2.46. The number of amides is 1. The van der Waals surface area contributed by atoms with E-state index in [4.69, 9.17) is 9.05 Å². The maximum atomic E-state index is 13.0. The van der Waals surface area contributed by atoms with Gasteiger partial charge in [0.25, 0.3) is 0 Å². The van der Waals surface area contributed by atoms with Crippen LogP contribution < -0.4 is 5.32 Å². The van der Waals surface area contributed by atoms with Crippen molar-refractivity contribution in [3.8, 4) is 0 Å². The first-order valence-corrected chi connectivity index (χ1v) is 33.6. The normalized spacial score (nSPS) is 14.2. The zero-order chi connectivity index (χ0) is 54.9. The van der Waals surface area contributed by atoms with Gasteiger partial charge in [0.15, 0.2) is 0 Å². The molecule has 0 aliphatic carbocycles. The Kier molecular flexibility index (Phi) is 55.5. The third-order valence-corrected chi connectivity index (χ3v) is 15.5. The molecule has 0 heterocycles. The highest BCUT2D eigenvalue weighted by Crippen LogP contribution is 2.43. The summed E-state index contributed by atoms with van der Waals surface area (Å²) in [6, 6.07) is -0.761. The Labute approximate surface area is 466 Å². The zero-order valence-corrected chi connectivity index (χ0v) is 51.2. The Balaban J connectivity index is 4.00. The van der Waals surface area contributed by atoms with Crippen molar-refractivity contribution < 1.29 is 32.9 Å². The van der Waals surface area contributed by atoms with E-state index < -0.39 is 20.0 Å². The Morgan fingerprint density at radius 1 is 0.467 bits per heavy atom. The number of likely N-dealkylation sites (N-methyl/N-ethyl adjacent to an activating group) is 1. The molecule has 0 rings (SSSR count). The van der Waals surface area contributed by atoms with E-state index in [1.54, 1.807) is 0 Å². The van der Waals surface area contributed by atoms with Gasteiger partial charge in [0.1, 0.15) is 13.2 Å². The summed E-state index contributed by atoms with van der Waals surface area (Å²) in [5.74, 6) is -0.140. The molecule has 75 heavy (non-hydrogen) atoms. The number of allylic oxidation sites excluding steroid dienone is 10. The molecule has 3 unspecified atom stereocenters. The van der Waals surface area contributed by atoms with Gasteiger partial charge in [-0.15, -0.1) is 0 Å². The number of unbranched alkanes of at least 4 members (excludes halogenated alkanes) is 36. The Hall–Kier alpha value is -1.80. The second-order valence-electron chi connectivity index (χ2n) is 23.1. The van der Waals surface area contributed by atoms with Crippen molar-refractivity contribution in [3.63, 3.8) is 0 Å². The van der Waals surface area contributed by atoms with E-state index in [0.717, 1.165) is 70.6 Å². The van der Waals surface area contributed by atoms with E-state index in [1.165, 1.54) is 205 Å². The van der Waals surface area contributed by atoms with Crippen LogP contribution in [0.2, 0.25) is 0 Å². The standard InChI is InChI=1S/C66H125N2O6P/c1-6-8-10-12-14-16-18-20-22-24-26-27-28-29-30-31-32-33-34-35-36-37-38-39-40-41-42-44-46-48-50-52-54-56-58-60-66(70)67-64(63-74-75(71,72)73-62-61-68(3,4)5)65(69)59-57-55-53-51-49-47-45-43-25-23-21-19-17-15-13-11-9-7-2/h8,10,14,16,20,22,26-27,29-30,64-65,69H,6-7,9,11-13,15,17-19,21,23-25,28,31-63H2,1-5H3,(H-,67,70,71,72)/p+1/b10-8-,16-14-,22-20-,27-26-,30-29-. The molecular weight excluding hydrogens is 948 g/mol. The number of nitrogens with zero attached hydrogens (tertiary/aromatic N) is 1. The monoisotopic (exact) mass is 1070 g/mol. The molecule has 9 heteroatoms. The van der Waals surface area contributed by atoms with E-state index in [2.05, 4.69) is 79.9 Å². The van der Waals surface area contributed by atoms with Gasteiger partial charge in [-0.3, -0.25) is 13.8 Å². The van der Waals surface area contributed by atoms with E-state index in [-0.39, 0.29) is 19.1 Å². The largest absolute Gasteiger partial charge is 0.472 e. The number of rotatable bonds is 59. The number of hydrogen-bond donors (Lipinski definition) is 3. The molecule has 0 saturated heterocycles. The number of quaternary nitrogens is 1. The minimum Gasteiger partial charge on any atom is -0.391 e. The van der Waals surface area contributed by atoms with E-state index >= 15 is 0 Å². The van der Waals surface area contributed by atoms with Gasteiger partial charge < -0.3 is 19.8 Å². The summed E-state index contributed by atoms with van der Waals surface area (Å²) in [6.45, 7) is 4.81. The number of carbonyl (C=O) groups is 1. The van der Waals surface area contributed by atoms with E-state index in [0.29, 0.717) is 23.9 Å². The zero-order valence-electron chi connectivity index (χ0n) is 50.3. The molecule has 8 nitrogen and oxygen atoms in total. The topological polar surface area (TPSA) is 105 Å². The smallest absolute Gasteiger partial charge is 0.391 e. The fourth-order valence-corrected chi connectivity index (χ4v) is 10.3. The molecule has 0 aliphatic heterocycles. The van der Waals surface area contributed by atoms with Crippen molar-refractivity contribution in [2.45, 2.75) is 315 Å². The van der Waals surface area contributed by atoms with E-state index in [9.17, 15) is 19.4 Å². The lowest BCUT2D eigenvalue weighted by atomic mass is 10.0. The first-order chi connectivity index (χ1) is 36.5. The predicted octanol–water partition coefficient (Wildman–Crippen LogP) is 20.0. The quantitative estimate of drug-likeness (QED) is 0.0243. The number of phosphoric acid groups is 1. The van der Waals surface area contributed by atoms with Crippen molar-refractivity contribution in [1.29, 1.82) is 0 Å². The first-order valence-electron chi connectivity index (χ1n) is 32.2. The van der Waals surface area contributed by atoms with Gasteiger partial charge >= 0.3 is 7.82 Å². The minimum atomic E-state index is -4.33. The maximum Gasteiger partial charge on any atom is 0.472 e. The number of nitrogens with one attached hydrogen (secondary N) is 1. The SMILES string of the molecule is CC/C=C\C/C=C\C/C=C\C/C=C\C/C=C\CCCCCCCCCCCCCCCCCCCCCC(=O)NC(COP(=O)(O)OCC[N+](C)(C)C)C(O)CCCCCCCCCCCCCCCCCCCC. The Morgan fingerprint density at radius 3 is 1.17 bits per heavy atom. The van der Waals surface area contributed by atoms with Crippen LogP contribution in [0, 0.1) is 0 Å². The van der Waals surface area contributed by atoms with Crippen molar-refractivity contribution >= 4 is 13.7 Å². The summed E-state index contributed by atoms with van der Waals surface area (Å²) < 4.78 is 23.8. The summed E-state index contributed by atoms with van der Waals surface area (Å²) in [5.41, 5.74) is 0. The summed E-state index contributed by atoms with van der Waals surface area (Å²) in [6.07, 6.45) is 77.3. The highest BCUT2D eigenvalue weighted by molar-refractivity contribution is 7.47. The maximum absolute atomic E-state index is 13.0. The summed E-state index contributed by atoms with van der Waals surface area (Å²) in [5, 5.41) is 14.1. The second kappa shape index (κ2) is 56.9. The third-order valence-electron chi connectivity index (χ3n) is 14.5. The predicted molar refractivity (Wildman–Crippen MR) is 327 cm³/mol. The molecular formula is C66H126N2O6P+. The molecule has 0 bridgehead atoms. The molecule has 3 N–H and O–H groups in total. The fraction of sp³-hybridized carbons (Fsp3) is 0.833. The van der Waals surface area contributed by atoms with Gasteiger partial charge in [0.2, 0.25) is 5.91 Å². The van der Waals surface area contributed by atoms with Crippen LogP contribution >= 0.6 is 7.82 Å². The minimum absolute atomic E-state index is 0.0754. The summed E-state index contributed by atoms with van der Waals surface area (Å²) >= 11 is 0. The first kappa shape index (κ1) is 73.2. The number of carbonyl (C=O) groups excluding carboxylic acids is 1. The van der Waals surface area contributed by atoms with Crippen LogP contribution in [0.5, 0.6) is 0 Å². The summed E-state index contributed by atoms with van der Waals surface area (Å²) in [4.78, 5) is 23.4. The van der Waals surface area contributed by atoms with Crippen LogP contribution in [0.3, 0.4) is 0 Å². The number of phosphoric ester groups is 1. The molecule has 0 spiro atoms. The molecule has 0 aromatic rings. The second-order valence-corrected chi connectivity index (χ2v) is 24.6. The van der Waals surface area contributed by atoms with Crippen molar-refractivity contribution in [3.05, 3.63) is 60.8 Å². The molecule has 3 atom stereocenters. The van der Waals surface area contributed by atoms with Gasteiger partial charge in [-0.05, 0) is 57.8 Å². The average molecular weight is 1070 g/mol. The van der Waals surface area contributed by atoms with Gasteiger partial charge in [0.05, 0.1) is 39.9 Å². The molecule has 0 saturated carbocycles. The molecule has 440 valence electrons. The van der Waals surface area contributed by atoms with Crippen LogP contribution in [0.1, 0.15) is 303 Å². The van der Waals surface area contributed by atoms with E-state index in [1.807, 2.05) is 21.1 Å². The van der Waals surface area contributed by atoms with Crippen LogP contribution in [0.25, 0.3) is 0 Å². The molecule has 0 aromatic heterocycles. The van der Waals surface area contributed by atoms with Gasteiger partial charge in [-0.2, -0.15) is 0 Å². The van der Waals surface area contributed by atoms with Crippen LogP contribution in [0.15, 0.2) is 60.8 Å². The van der Waals surface area contributed by atoms with Crippen molar-refractivity contribution in [1.82, 2.24) is 5.32 Å². The van der Waals surface area contributed by atoms with Crippen LogP contribution in [-0.4, -0.2) is 73.4 Å². The van der Waals surface area contributed by atoms with Gasteiger partial charge in [-0.1, -0.05) is 299 Å². The van der Waals surface area contributed by atoms with Crippen LogP contribution in [-0.2, 0) is 18.4 Å². The molecule has 0 radical (unpaired) electrons. The molecule has 1 amide bonds. The number of aliphatic hydroxyl groups is 1.